The maximum absolute atomic E-state index is 5.94. The Morgan fingerprint density at radius 3 is 2.95 bits per heavy atom. The van der Waals surface area contributed by atoms with Crippen LogP contribution in [0.15, 0.2) is 12.7 Å². The molecule has 0 atom stereocenters. The molecule has 8 nitrogen and oxygen atoms in total. The van der Waals surface area contributed by atoms with Gasteiger partial charge in [-0.15, -0.1) is 0 Å². The predicted molar refractivity (Wildman–Crippen MR) is 76.6 cm³/mol. The van der Waals surface area contributed by atoms with Crippen LogP contribution in [0.1, 0.15) is 12.8 Å². The minimum atomic E-state index is 0.122. The smallest absolute Gasteiger partial charge is 0.258 e. The van der Waals surface area contributed by atoms with Crippen LogP contribution in [-0.2, 0) is 4.74 Å². The summed E-state index contributed by atoms with van der Waals surface area (Å²) in [7, 11) is 1.89. The van der Waals surface area contributed by atoms with E-state index in [9.17, 15) is 0 Å². The van der Waals surface area contributed by atoms with Gasteiger partial charge in [0, 0.05) is 20.2 Å². The SMILES string of the molecule is CN(CCOCC1CC1)c1nc(Cl)nc(-n2cncn2)n1. The van der Waals surface area contributed by atoms with Gasteiger partial charge in [0.1, 0.15) is 12.7 Å². The molecule has 0 amide bonds. The van der Waals surface area contributed by atoms with Gasteiger partial charge in [-0.3, -0.25) is 0 Å². The third-order valence-corrected chi connectivity index (χ3v) is 3.34. The van der Waals surface area contributed by atoms with Crippen LogP contribution < -0.4 is 4.90 Å². The normalized spacial score (nSPS) is 14.4. The molecular formula is C12H16ClN7O. The van der Waals surface area contributed by atoms with Gasteiger partial charge >= 0.3 is 0 Å². The number of halogens is 1. The van der Waals surface area contributed by atoms with E-state index in [1.54, 1.807) is 0 Å². The topological polar surface area (TPSA) is 81.9 Å². The largest absolute Gasteiger partial charge is 0.379 e. The fourth-order valence-corrected chi connectivity index (χ4v) is 1.90. The Bertz CT molecular complexity index is 587. The number of aromatic nitrogens is 6. The molecule has 0 unspecified atom stereocenters. The van der Waals surface area contributed by atoms with Crippen molar-refractivity contribution in [1.82, 2.24) is 29.7 Å². The second kappa shape index (κ2) is 6.31. The van der Waals surface area contributed by atoms with Gasteiger partial charge in [-0.2, -0.15) is 24.7 Å². The van der Waals surface area contributed by atoms with Gasteiger partial charge in [-0.25, -0.2) is 4.98 Å². The van der Waals surface area contributed by atoms with E-state index in [0.717, 1.165) is 12.5 Å². The summed E-state index contributed by atoms with van der Waals surface area (Å²) in [6.07, 6.45) is 5.50. The minimum Gasteiger partial charge on any atom is -0.379 e. The van der Waals surface area contributed by atoms with Gasteiger partial charge in [-0.1, -0.05) is 0 Å². The standard InChI is InChI=1S/C12H16ClN7O/c1-19(4-5-21-6-9-2-3-9)11-16-10(13)17-12(18-11)20-8-14-7-15-20/h7-9H,2-6H2,1H3. The van der Waals surface area contributed by atoms with Crippen LogP contribution in [0.4, 0.5) is 5.95 Å². The lowest BCUT2D eigenvalue weighted by Crippen LogP contribution is -2.25. The Morgan fingerprint density at radius 2 is 2.24 bits per heavy atom. The number of hydrogen-bond donors (Lipinski definition) is 0. The molecule has 2 aromatic heterocycles. The molecule has 1 saturated carbocycles. The van der Waals surface area contributed by atoms with E-state index in [2.05, 4.69) is 25.0 Å². The van der Waals surface area contributed by atoms with E-state index in [4.69, 9.17) is 16.3 Å². The Balaban J connectivity index is 1.62. The number of rotatable bonds is 7. The highest BCUT2D eigenvalue weighted by atomic mass is 35.5. The Kier molecular flexibility index (Phi) is 4.26. The van der Waals surface area contributed by atoms with Crippen molar-refractivity contribution < 1.29 is 4.74 Å². The van der Waals surface area contributed by atoms with Crippen LogP contribution >= 0.6 is 11.6 Å². The van der Waals surface area contributed by atoms with E-state index < -0.39 is 0 Å². The molecule has 21 heavy (non-hydrogen) atoms. The van der Waals surface area contributed by atoms with Gasteiger partial charge in [0.15, 0.2) is 0 Å². The Morgan fingerprint density at radius 1 is 1.38 bits per heavy atom. The third kappa shape index (κ3) is 3.85. The summed E-state index contributed by atoms with van der Waals surface area (Å²) in [6, 6.07) is 0. The average molecular weight is 310 g/mol. The summed E-state index contributed by atoms with van der Waals surface area (Å²) in [5, 5.41) is 4.10. The Labute approximate surface area is 127 Å². The van der Waals surface area contributed by atoms with E-state index in [1.807, 2.05) is 11.9 Å². The van der Waals surface area contributed by atoms with Crippen LogP contribution in [-0.4, -0.2) is 56.5 Å². The first kappa shape index (κ1) is 14.2. The Hall–Kier alpha value is -1.80. The van der Waals surface area contributed by atoms with Crippen molar-refractivity contribution in [3.05, 3.63) is 17.9 Å². The zero-order chi connectivity index (χ0) is 14.7. The summed E-state index contributed by atoms with van der Waals surface area (Å²) < 4.78 is 7.05. The molecule has 0 N–H and O–H groups in total. The molecule has 0 bridgehead atoms. The molecule has 2 heterocycles. The van der Waals surface area contributed by atoms with Crippen molar-refractivity contribution in [2.24, 2.45) is 5.92 Å². The molecule has 0 saturated heterocycles. The van der Waals surface area contributed by atoms with Gasteiger partial charge in [0.2, 0.25) is 11.2 Å². The highest BCUT2D eigenvalue weighted by molar-refractivity contribution is 6.28. The molecule has 0 aromatic carbocycles. The quantitative estimate of drug-likeness (QED) is 0.705. The van der Waals surface area contributed by atoms with Crippen LogP contribution in [0, 0.1) is 5.92 Å². The first-order chi connectivity index (χ1) is 10.2. The van der Waals surface area contributed by atoms with E-state index in [1.165, 1.54) is 30.2 Å². The average Bonchev–Trinajstić information content (AvgIpc) is 3.13. The second-order valence-corrected chi connectivity index (χ2v) is 5.32. The summed E-state index contributed by atoms with van der Waals surface area (Å²) >= 11 is 5.94. The van der Waals surface area contributed by atoms with Crippen LogP contribution in [0.5, 0.6) is 0 Å². The number of anilines is 1. The molecule has 0 radical (unpaired) electrons. The van der Waals surface area contributed by atoms with E-state index >= 15 is 0 Å². The van der Waals surface area contributed by atoms with Gasteiger partial charge in [-0.05, 0) is 30.4 Å². The van der Waals surface area contributed by atoms with Crippen molar-refractivity contribution in [3.8, 4) is 5.95 Å². The maximum atomic E-state index is 5.94. The predicted octanol–water partition coefficient (Wildman–Crippen LogP) is 0.968. The van der Waals surface area contributed by atoms with Crippen molar-refractivity contribution >= 4 is 17.5 Å². The summed E-state index contributed by atoms with van der Waals surface area (Å²) in [5.74, 6) is 1.59. The van der Waals surface area contributed by atoms with Crippen LogP contribution in [0.3, 0.4) is 0 Å². The fraction of sp³-hybridized carbons (Fsp3) is 0.583. The van der Waals surface area contributed by atoms with Crippen molar-refractivity contribution in [2.45, 2.75) is 12.8 Å². The molecule has 3 rings (SSSR count). The molecule has 0 aliphatic heterocycles. The number of ether oxygens (including phenoxy) is 1. The van der Waals surface area contributed by atoms with Crippen LogP contribution in [0.25, 0.3) is 5.95 Å². The van der Waals surface area contributed by atoms with Gasteiger partial charge < -0.3 is 9.64 Å². The molecule has 9 heteroatoms. The molecular weight excluding hydrogens is 294 g/mol. The lowest BCUT2D eigenvalue weighted by molar-refractivity contribution is 0.130. The first-order valence-corrected chi connectivity index (χ1v) is 7.15. The summed E-state index contributed by atoms with van der Waals surface area (Å²) in [5.41, 5.74) is 0. The molecule has 1 aliphatic carbocycles. The summed E-state index contributed by atoms with van der Waals surface area (Å²) in [4.78, 5) is 18.2. The number of nitrogens with zero attached hydrogens (tertiary/aromatic N) is 7. The molecule has 1 aliphatic rings. The second-order valence-electron chi connectivity index (χ2n) is 4.98. The summed E-state index contributed by atoms with van der Waals surface area (Å²) in [6.45, 7) is 2.16. The van der Waals surface area contributed by atoms with E-state index in [0.29, 0.717) is 25.0 Å². The fourth-order valence-electron chi connectivity index (χ4n) is 1.75. The maximum Gasteiger partial charge on any atom is 0.258 e. The third-order valence-electron chi connectivity index (χ3n) is 3.17. The number of hydrogen-bond acceptors (Lipinski definition) is 7. The monoisotopic (exact) mass is 309 g/mol. The van der Waals surface area contributed by atoms with Crippen molar-refractivity contribution in [2.75, 3.05) is 31.7 Å². The lowest BCUT2D eigenvalue weighted by atomic mass is 10.5. The number of likely N-dealkylation sites (N-methyl/N-ethyl adjacent to an activating group) is 1. The lowest BCUT2D eigenvalue weighted by Gasteiger charge is -2.17. The highest BCUT2D eigenvalue weighted by Crippen LogP contribution is 2.28. The molecule has 2 aromatic rings. The van der Waals surface area contributed by atoms with Crippen molar-refractivity contribution in [3.63, 3.8) is 0 Å². The first-order valence-electron chi connectivity index (χ1n) is 6.78. The van der Waals surface area contributed by atoms with Crippen LogP contribution in [0.2, 0.25) is 5.28 Å². The van der Waals surface area contributed by atoms with Gasteiger partial charge in [0.05, 0.1) is 6.61 Å². The molecule has 112 valence electrons. The van der Waals surface area contributed by atoms with E-state index in [-0.39, 0.29) is 5.28 Å². The molecule has 1 fully saturated rings. The van der Waals surface area contributed by atoms with Gasteiger partial charge in [0.25, 0.3) is 5.95 Å². The minimum absolute atomic E-state index is 0.122. The van der Waals surface area contributed by atoms with Crippen molar-refractivity contribution in [1.29, 1.82) is 0 Å². The highest BCUT2D eigenvalue weighted by Gasteiger charge is 2.21. The molecule has 0 spiro atoms. The zero-order valence-electron chi connectivity index (χ0n) is 11.7. The zero-order valence-corrected chi connectivity index (χ0v) is 12.4.